The van der Waals surface area contributed by atoms with Gasteiger partial charge in [0.05, 0.1) is 7.11 Å². The van der Waals surface area contributed by atoms with Crippen molar-refractivity contribution in [3.05, 3.63) is 54.6 Å². The molecule has 1 amide bonds. The second-order valence-electron chi connectivity index (χ2n) is 4.84. The van der Waals surface area contributed by atoms with E-state index < -0.39 is 11.9 Å². The molecule has 0 heterocycles. The number of amides is 1. The van der Waals surface area contributed by atoms with Gasteiger partial charge in [-0.1, -0.05) is 18.2 Å². The molecule has 0 bridgehead atoms. The van der Waals surface area contributed by atoms with Crippen LogP contribution in [0.1, 0.15) is 6.42 Å². The summed E-state index contributed by atoms with van der Waals surface area (Å²) in [6, 6.07) is 16.4. The van der Waals surface area contributed by atoms with Crippen LogP contribution >= 0.6 is 0 Å². The topological polar surface area (TPSA) is 73.9 Å². The van der Waals surface area contributed by atoms with E-state index in [9.17, 15) is 9.59 Å². The Morgan fingerprint density at radius 2 is 1.46 bits per heavy atom. The van der Waals surface area contributed by atoms with Crippen LogP contribution < -0.4 is 14.8 Å². The minimum Gasteiger partial charge on any atom is -0.490 e. The molecule has 0 radical (unpaired) electrons. The van der Waals surface area contributed by atoms with E-state index in [1.165, 1.54) is 7.11 Å². The van der Waals surface area contributed by atoms with Crippen LogP contribution in [0.4, 0.5) is 5.69 Å². The van der Waals surface area contributed by atoms with E-state index in [-0.39, 0.29) is 6.42 Å². The lowest BCUT2D eigenvalue weighted by atomic mass is 10.3. The Morgan fingerprint density at radius 3 is 2.04 bits per heavy atom. The van der Waals surface area contributed by atoms with Gasteiger partial charge >= 0.3 is 5.97 Å². The number of methoxy groups -OCH3 is 1. The third kappa shape index (κ3) is 6.00. The molecular formula is C18H19NO5. The second-order valence-corrected chi connectivity index (χ2v) is 4.84. The molecule has 0 unspecified atom stereocenters. The van der Waals surface area contributed by atoms with E-state index in [1.807, 2.05) is 30.3 Å². The van der Waals surface area contributed by atoms with Crippen molar-refractivity contribution < 1.29 is 23.8 Å². The van der Waals surface area contributed by atoms with Crippen molar-refractivity contribution in [1.82, 2.24) is 0 Å². The number of rotatable bonds is 8. The second kappa shape index (κ2) is 9.19. The first-order valence-electron chi connectivity index (χ1n) is 7.45. The van der Waals surface area contributed by atoms with Crippen LogP contribution in [0, 0.1) is 0 Å². The molecule has 2 aromatic carbocycles. The molecule has 0 saturated carbocycles. The number of hydrogen-bond acceptors (Lipinski definition) is 5. The number of carbonyl (C=O) groups is 2. The average Bonchev–Trinajstić information content (AvgIpc) is 2.61. The number of nitrogens with one attached hydrogen (secondary N) is 1. The fraction of sp³-hybridized carbons (Fsp3) is 0.222. The summed E-state index contributed by atoms with van der Waals surface area (Å²) in [6.07, 6.45) is -0.314. The molecule has 6 nitrogen and oxygen atoms in total. The molecule has 2 rings (SSSR count). The van der Waals surface area contributed by atoms with Crippen LogP contribution in [0.2, 0.25) is 0 Å². The molecule has 0 atom stereocenters. The smallest absolute Gasteiger partial charge is 0.315 e. The molecule has 0 spiro atoms. The number of benzene rings is 2. The fourth-order valence-electron chi connectivity index (χ4n) is 1.88. The van der Waals surface area contributed by atoms with E-state index in [2.05, 4.69) is 10.1 Å². The summed E-state index contributed by atoms with van der Waals surface area (Å²) < 4.78 is 15.5. The zero-order valence-corrected chi connectivity index (χ0v) is 13.4. The third-order valence-corrected chi connectivity index (χ3v) is 3.03. The normalized spacial score (nSPS) is 9.88. The van der Waals surface area contributed by atoms with Crippen molar-refractivity contribution >= 4 is 17.6 Å². The first-order chi connectivity index (χ1) is 11.7. The summed E-state index contributed by atoms with van der Waals surface area (Å²) in [5.41, 5.74) is 0.580. The van der Waals surface area contributed by atoms with Crippen LogP contribution in [-0.2, 0) is 14.3 Å². The number of anilines is 1. The molecule has 126 valence electrons. The molecule has 0 aliphatic heterocycles. The van der Waals surface area contributed by atoms with Gasteiger partial charge < -0.3 is 19.5 Å². The van der Waals surface area contributed by atoms with Crippen LogP contribution in [0.15, 0.2) is 54.6 Å². The van der Waals surface area contributed by atoms with Crippen molar-refractivity contribution in [2.24, 2.45) is 0 Å². The van der Waals surface area contributed by atoms with Gasteiger partial charge in [0.15, 0.2) is 0 Å². The number of esters is 1. The molecule has 0 aromatic heterocycles. The van der Waals surface area contributed by atoms with Crippen LogP contribution in [0.3, 0.4) is 0 Å². The SMILES string of the molecule is COC(=O)CC(=O)Nc1ccc(OCCOc2ccccc2)cc1. The van der Waals surface area contributed by atoms with Crippen LogP contribution in [-0.4, -0.2) is 32.2 Å². The predicted molar refractivity (Wildman–Crippen MR) is 89.1 cm³/mol. The first-order valence-corrected chi connectivity index (χ1v) is 7.45. The Hall–Kier alpha value is -3.02. The van der Waals surface area contributed by atoms with Gasteiger partial charge in [-0.25, -0.2) is 0 Å². The highest BCUT2D eigenvalue weighted by molar-refractivity contribution is 6.01. The first kappa shape index (κ1) is 17.3. The molecule has 0 aliphatic rings. The van der Waals surface area contributed by atoms with Gasteiger partial charge in [-0.05, 0) is 36.4 Å². The summed E-state index contributed by atoms with van der Waals surface area (Å²) in [5.74, 6) is 0.458. The van der Waals surface area contributed by atoms with E-state index in [4.69, 9.17) is 9.47 Å². The maximum absolute atomic E-state index is 11.6. The lowest BCUT2D eigenvalue weighted by Gasteiger charge is -2.09. The van der Waals surface area contributed by atoms with E-state index in [0.717, 1.165) is 5.75 Å². The highest BCUT2D eigenvalue weighted by Crippen LogP contribution is 2.16. The molecule has 2 aromatic rings. The summed E-state index contributed by atoms with van der Waals surface area (Å²) in [6.45, 7) is 0.838. The Bertz CT molecular complexity index is 655. The molecule has 0 fully saturated rings. The molecule has 6 heteroatoms. The van der Waals surface area contributed by atoms with E-state index >= 15 is 0 Å². The fourth-order valence-corrected chi connectivity index (χ4v) is 1.88. The Morgan fingerprint density at radius 1 is 0.875 bits per heavy atom. The Labute approximate surface area is 140 Å². The van der Waals surface area contributed by atoms with Crippen molar-refractivity contribution in [3.63, 3.8) is 0 Å². The standard InChI is InChI=1S/C18H19NO5/c1-22-18(21)13-17(20)19-14-7-9-16(10-8-14)24-12-11-23-15-5-3-2-4-6-15/h2-10H,11-13H2,1H3,(H,19,20). The van der Waals surface area contributed by atoms with Gasteiger partial charge in [0.25, 0.3) is 0 Å². The maximum Gasteiger partial charge on any atom is 0.315 e. The molecule has 24 heavy (non-hydrogen) atoms. The van der Waals surface area contributed by atoms with E-state index in [0.29, 0.717) is 24.7 Å². The third-order valence-electron chi connectivity index (χ3n) is 3.03. The average molecular weight is 329 g/mol. The lowest BCUT2D eigenvalue weighted by Crippen LogP contribution is -2.17. The monoisotopic (exact) mass is 329 g/mol. The highest BCUT2D eigenvalue weighted by atomic mass is 16.5. The summed E-state index contributed by atoms with van der Waals surface area (Å²) >= 11 is 0. The number of para-hydroxylation sites is 1. The number of hydrogen-bond donors (Lipinski definition) is 1. The lowest BCUT2D eigenvalue weighted by molar-refractivity contribution is -0.142. The summed E-state index contributed by atoms with van der Waals surface area (Å²) in [5, 5.41) is 2.60. The summed E-state index contributed by atoms with van der Waals surface area (Å²) in [7, 11) is 1.24. The summed E-state index contributed by atoms with van der Waals surface area (Å²) in [4.78, 5) is 22.6. The Balaban J connectivity index is 1.71. The largest absolute Gasteiger partial charge is 0.490 e. The van der Waals surface area contributed by atoms with E-state index in [1.54, 1.807) is 24.3 Å². The van der Waals surface area contributed by atoms with Gasteiger partial charge in [-0.3, -0.25) is 9.59 Å². The maximum atomic E-state index is 11.6. The van der Waals surface area contributed by atoms with Crippen LogP contribution in [0.5, 0.6) is 11.5 Å². The minimum absolute atomic E-state index is 0.314. The van der Waals surface area contributed by atoms with Crippen molar-refractivity contribution in [3.8, 4) is 11.5 Å². The van der Waals surface area contributed by atoms with Crippen molar-refractivity contribution in [2.75, 3.05) is 25.6 Å². The van der Waals surface area contributed by atoms with Gasteiger partial charge in [0.1, 0.15) is 31.1 Å². The predicted octanol–water partition coefficient (Wildman–Crippen LogP) is 2.65. The van der Waals surface area contributed by atoms with Gasteiger partial charge in [-0.2, -0.15) is 0 Å². The number of carbonyl (C=O) groups excluding carboxylic acids is 2. The van der Waals surface area contributed by atoms with Gasteiger partial charge in [0.2, 0.25) is 5.91 Å². The zero-order valence-electron chi connectivity index (χ0n) is 13.4. The molecule has 0 saturated heterocycles. The van der Waals surface area contributed by atoms with Crippen molar-refractivity contribution in [2.45, 2.75) is 6.42 Å². The minimum atomic E-state index is -0.578. The highest BCUT2D eigenvalue weighted by Gasteiger charge is 2.09. The molecular weight excluding hydrogens is 310 g/mol. The quantitative estimate of drug-likeness (QED) is 0.458. The number of ether oxygens (including phenoxy) is 3. The molecule has 0 aliphatic carbocycles. The van der Waals surface area contributed by atoms with Gasteiger partial charge in [-0.15, -0.1) is 0 Å². The zero-order chi connectivity index (χ0) is 17.2. The van der Waals surface area contributed by atoms with Crippen LogP contribution in [0.25, 0.3) is 0 Å². The Kier molecular flexibility index (Phi) is 6.64. The van der Waals surface area contributed by atoms with Crippen molar-refractivity contribution in [1.29, 1.82) is 0 Å². The molecule has 1 N–H and O–H groups in total. The van der Waals surface area contributed by atoms with Gasteiger partial charge in [0, 0.05) is 5.69 Å².